The normalized spacial score (nSPS) is 10.4. The van der Waals surface area contributed by atoms with E-state index >= 15 is 0 Å². The number of furan rings is 1. The molecule has 3 N–H and O–H groups in total. The number of aromatic nitrogens is 2. The zero-order valence-corrected chi connectivity index (χ0v) is 7.75. The molecule has 0 saturated carbocycles. The van der Waals surface area contributed by atoms with Gasteiger partial charge in [0.25, 0.3) is 0 Å². The third kappa shape index (κ3) is 1.83. The van der Waals surface area contributed by atoms with Gasteiger partial charge in [0, 0.05) is 6.07 Å². The standard InChI is InChI=1S/C9H9N3O3/c10-8-4-6(7-2-1-3-15-7)11-12(8)5-9(13)14/h1-4H,5,10H2,(H,13,14). The van der Waals surface area contributed by atoms with Gasteiger partial charge in [-0.05, 0) is 12.1 Å². The molecular formula is C9H9N3O3. The predicted molar refractivity (Wildman–Crippen MR) is 52.0 cm³/mol. The second-order valence-corrected chi connectivity index (χ2v) is 2.98. The summed E-state index contributed by atoms with van der Waals surface area (Å²) in [5.41, 5.74) is 6.12. The van der Waals surface area contributed by atoms with E-state index in [1.165, 1.54) is 10.9 Å². The molecule has 0 saturated heterocycles. The second kappa shape index (κ2) is 3.49. The molecule has 2 rings (SSSR count). The van der Waals surface area contributed by atoms with E-state index in [2.05, 4.69) is 5.10 Å². The average Bonchev–Trinajstić information content (AvgIpc) is 2.75. The summed E-state index contributed by atoms with van der Waals surface area (Å²) in [5, 5.41) is 12.6. The third-order valence-corrected chi connectivity index (χ3v) is 1.87. The Hall–Kier alpha value is -2.24. The average molecular weight is 207 g/mol. The third-order valence-electron chi connectivity index (χ3n) is 1.87. The van der Waals surface area contributed by atoms with E-state index in [0.29, 0.717) is 17.3 Å². The molecule has 2 heterocycles. The lowest BCUT2D eigenvalue weighted by Gasteiger charge is -1.97. The maximum atomic E-state index is 10.5. The predicted octanol–water partition coefficient (Wildman–Crippen LogP) is 0.810. The summed E-state index contributed by atoms with van der Waals surface area (Å²) in [7, 11) is 0. The highest BCUT2D eigenvalue weighted by Gasteiger charge is 2.10. The SMILES string of the molecule is Nc1cc(-c2ccco2)nn1CC(=O)O. The van der Waals surface area contributed by atoms with Gasteiger partial charge in [-0.25, -0.2) is 4.68 Å². The minimum Gasteiger partial charge on any atom is -0.480 e. The van der Waals surface area contributed by atoms with Crippen LogP contribution in [0.1, 0.15) is 0 Å². The van der Waals surface area contributed by atoms with Crippen LogP contribution in [0.2, 0.25) is 0 Å². The van der Waals surface area contributed by atoms with E-state index in [0.717, 1.165) is 0 Å². The van der Waals surface area contributed by atoms with Crippen molar-refractivity contribution in [2.24, 2.45) is 0 Å². The molecular weight excluding hydrogens is 198 g/mol. The Balaban J connectivity index is 2.33. The summed E-state index contributed by atoms with van der Waals surface area (Å²) in [6.07, 6.45) is 1.52. The first-order chi connectivity index (χ1) is 7.16. The van der Waals surface area contributed by atoms with Gasteiger partial charge in [0.05, 0.1) is 6.26 Å². The van der Waals surface area contributed by atoms with Gasteiger partial charge < -0.3 is 15.3 Å². The molecule has 6 heteroatoms. The number of aliphatic carboxylic acids is 1. The maximum Gasteiger partial charge on any atom is 0.325 e. The van der Waals surface area contributed by atoms with Crippen LogP contribution in [0.15, 0.2) is 28.9 Å². The summed E-state index contributed by atoms with van der Waals surface area (Å²) >= 11 is 0. The molecule has 15 heavy (non-hydrogen) atoms. The molecule has 2 aromatic rings. The highest BCUT2D eigenvalue weighted by molar-refractivity contribution is 5.67. The zero-order chi connectivity index (χ0) is 10.8. The van der Waals surface area contributed by atoms with Crippen LogP contribution in [0.3, 0.4) is 0 Å². The van der Waals surface area contributed by atoms with Gasteiger partial charge in [0.2, 0.25) is 0 Å². The molecule has 0 aliphatic heterocycles. The zero-order valence-electron chi connectivity index (χ0n) is 7.75. The van der Waals surface area contributed by atoms with Crippen molar-refractivity contribution in [3.05, 3.63) is 24.5 Å². The van der Waals surface area contributed by atoms with Crippen molar-refractivity contribution in [1.82, 2.24) is 9.78 Å². The lowest BCUT2D eigenvalue weighted by atomic mass is 10.3. The van der Waals surface area contributed by atoms with Crippen LogP contribution in [0.4, 0.5) is 5.82 Å². The van der Waals surface area contributed by atoms with Crippen molar-refractivity contribution < 1.29 is 14.3 Å². The van der Waals surface area contributed by atoms with Crippen LogP contribution in [0, 0.1) is 0 Å². The van der Waals surface area contributed by atoms with Gasteiger partial charge in [0.15, 0.2) is 5.76 Å². The molecule has 0 aliphatic rings. The molecule has 6 nitrogen and oxygen atoms in total. The Morgan fingerprint density at radius 3 is 3.07 bits per heavy atom. The molecule has 2 aromatic heterocycles. The molecule has 0 fully saturated rings. The summed E-state index contributed by atoms with van der Waals surface area (Å²) in [6, 6.07) is 5.02. The number of anilines is 1. The van der Waals surface area contributed by atoms with Crippen LogP contribution in [-0.4, -0.2) is 20.9 Å². The van der Waals surface area contributed by atoms with Gasteiger partial charge in [-0.1, -0.05) is 0 Å². The number of nitrogen functional groups attached to an aromatic ring is 1. The minimum absolute atomic E-state index is 0.257. The fraction of sp³-hybridized carbons (Fsp3) is 0.111. The first-order valence-electron chi connectivity index (χ1n) is 4.26. The van der Waals surface area contributed by atoms with E-state index in [1.807, 2.05) is 0 Å². The molecule has 78 valence electrons. The van der Waals surface area contributed by atoms with Crippen molar-refractivity contribution in [3.63, 3.8) is 0 Å². The molecule has 0 spiro atoms. The molecule has 0 radical (unpaired) electrons. The number of carboxylic acid groups (broad SMARTS) is 1. The summed E-state index contributed by atoms with van der Waals surface area (Å²) < 4.78 is 6.32. The van der Waals surface area contributed by atoms with Gasteiger partial charge >= 0.3 is 5.97 Å². The molecule has 0 atom stereocenters. The smallest absolute Gasteiger partial charge is 0.325 e. The quantitative estimate of drug-likeness (QED) is 0.776. The second-order valence-electron chi connectivity index (χ2n) is 2.98. The first kappa shape index (κ1) is 9.32. The number of carbonyl (C=O) groups is 1. The summed E-state index contributed by atoms with van der Waals surface area (Å²) in [4.78, 5) is 10.5. The Bertz CT molecular complexity index is 473. The van der Waals surface area contributed by atoms with E-state index < -0.39 is 5.97 Å². The number of hydrogen-bond acceptors (Lipinski definition) is 4. The van der Waals surface area contributed by atoms with Gasteiger partial charge in [-0.2, -0.15) is 5.10 Å². The van der Waals surface area contributed by atoms with Crippen molar-refractivity contribution >= 4 is 11.8 Å². The number of hydrogen-bond donors (Lipinski definition) is 2. The van der Waals surface area contributed by atoms with Crippen LogP contribution in [0.25, 0.3) is 11.5 Å². The highest BCUT2D eigenvalue weighted by Crippen LogP contribution is 2.20. The van der Waals surface area contributed by atoms with Crippen molar-refractivity contribution in [1.29, 1.82) is 0 Å². The Morgan fingerprint density at radius 2 is 2.47 bits per heavy atom. The van der Waals surface area contributed by atoms with Gasteiger partial charge in [0.1, 0.15) is 18.1 Å². The summed E-state index contributed by atoms with van der Waals surface area (Å²) in [5.74, 6) is -0.134. The lowest BCUT2D eigenvalue weighted by Crippen LogP contribution is -2.12. The van der Waals surface area contributed by atoms with Crippen LogP contribution >= 0.6 is 0 Å². The topological polar surface area (TPSA) is 94.3 Å². The van der Waals surface area contributed by atoms with Crippen molar-refractivity contribution in [2.75, 3.05) is 5.73 Å². The molecule has 0 unspecified atom stereocenters. The number of carboxylic acids is 1. The number of nitrogens with zero attached hydrogens (tertiary/aromatic N) is 2. The number of nitrogens with two attached hydrogens (primary N) is 1. The Labute approximate surface area is 84.9 Å². The Morgan fingerprint density at radius 1 is 1.67 bits per heavy atom. The Kier molecular flexibility index (Phi) is 2.17. The van der Waals surface area contributed by atoms with Gasteiger partial charge in [-0.3, -0.25) is 4.79 Å². The lowest BCUT2D eigenvalue weighted by molar-refractivity contribution is -0.137. The largest absolute Gasteiger partial charge is 0.480 e. The van der Waals surface area contributed by atoms with E-state index in [-0.39, 0.29) is 6.54 Å². The van der Waals surface area contributed by atoms with Gasteiger partial charge in [-0.15, -0.1) is 0 Å². The fourth-order valence-electron chi connectivity index (χ4n) is 1.23. The molecule has 0 aliphatic carbocycles. The highest BCUT2D eigenvalue weighted by atomic mass is 16.4. The van der Waals surface area contributed by atoms with Crippen LogP contribution < -0.4 is 5.73 Å². The number of rotatable bonds is 3. The van der Waals surface area contributed by atoms with E-state index in [4.69, 9.17) is 15.3 Å². The van der Waals surface area contributed by atoms with E-state index in [9.17, 15) is 4.79 Å². The monoisotopic (exact) mass is 207 g/mol. The van der Waals surface area contributed by atoms with Crippen molar-refractivity contribution in [2.45, 2.75) is 6.54 Å². The van der Waals surface area contributed by atoms with Crippen LogP contribution in [0.5, 0.6) is 0 Å². The minimum atomic E-state index is -0.990. The fourth-order valence-corrected chi connectivity index (χ4v) is 1.23. The van der Waals surface area contributed by atoms with Crippen LogP contribution in [-0.2, 0) is 11.3 Å². The molecule has 0 aromatic carbocycles. The maximum absolute atomic E-state index is 10.5. The first-order valence-corrected chi connectivity index (χ1v) is 4.26. The van der Waals surface area contributed by atoms with Crippen molar-refractivity contribution in [3.8, 4) is 11.5 Å². The van der Waals surface area contributed by atoms with E-state index in [1.54, 1.807) is 18.2 Å². The molecule has 0 amide bonds. The molecule has 0 bridgehead atoms. The summed E-state index contributed by atoms with van der Waals surface area (Å²) in [6.45, 7) is -0.257.